The van der Waals surface area contributed by atoms with Gasteiger partial charge in [0.15, 0.2) is 0 Å². The number of aromatic nitrogens is 2. The van der Waals surface area contributed by atoms with Crippen molar-refractivity contribution in [3.05, 3.63) is 148 Å². The monoisotopic (exact) mass is 1010 g/mol. The Kier molecular flexibility index (Phi) is 14.1. The Morgan fingerprint density at radius 2 is 1.66 bits per heavy atom. The molecule has 15 nitrogen and oxygen atoms in total. The van der Waals surface area contributed by atoms with E-state index >= 15 is 0 Å². The van der Waals surface area contributed by atoms with Gasteiger partial charge in [0.05, 0.1) is 27.2 Å². The van der Waals surface area contributed by atoms with Crippen molar-refractivity contribution in [2.45, 2.75) is 114 Å². The van der Waals surface area contributed by atoms with E-state index in [-0.39, 0.29) is 28.3 Å². The van der Waals surface area contributed by atoms with Crippen molar-refractivity contribution in [1.29, 1.82) is 0 Å². The van der Waals surface area contributed by atoms with Gasteiger partial charge in [-0.25, -0.2) is 18.1 Å². The number of anilines is 2. The van der Waals surface area contributed by atoms with Gasteiger partial charge in [-0.3, -0.25) is 24.7 Å². The van der Waals surface area contributed by atoms with Crippen molar-refractivity contribution >= 4 is 44.0 Å². The summed E-state index contributed by atoms with van der Waals surface area (Å²) < 4.78 is 36.3. The first-order valence-corrected chi connectivity index (χ1v) is 27.5. The molecule has 0 bridgehead atoms. The number of carbonyl (C=O) groups excluding carboxylic acids is 1. The largest absolute Gasteiger partial charge is 0.455 e. The first-order valence-electron chi connectivity index (χ1n) is 26.0. The lowest BCUT2D eigenvalue weighted by Crippen LogP contribution is -2.60. The Labute approximate surface area is 428 Å². The smallest absolute Gasteiger partial charge is 0.293 e. The molecule has 2 atom stereocenters. The fourth-order valence-electron chi connectivity index (χ4n) is 12.0. The molecule has 2 unspecified atom stereocenters. The molecule has 4 heterocycles. The molecule has 73 heavy (non-hydrogen) atoms. The lowest BCUT2D eigenvalue weighted by atomic mass is 9.59. The van der Waals surface area contributed by atoms with Crippen molar-refractivity contribution in [2.75, 3.05) is 49.5 Å². The maximum atomic E-state index is 14.1. The summed E-state index contributed by atoms with van der Waals surface area (Å²) >= 11 is 0. The van der Waals surface area contributed by atoms with Crippen LogP contribution in [0, 0.1) is 21.4 Å². The van der Waals surface area contributed by atoms with Crippen molar-refractivity contribution in [2.24, 2.45) is 11.3 Å². The van der Waals surface area contributed by atoms with Crippen LogP contribution in [-0.2, 0) is 10.0 Å². The second-order valence-corrected chi connectivity index (χ2v) is 23.4. The third kappa shape index (κ3) is 10.8. The molecular weight excluding hydrogens is 941 g/mol. The molecule has 2 aliphatic carbocycles. The molecular formula is C57H68N8O7S. The Balaban J connectivity index is 0.837. The number of hydrogen-bond donors (Lipinski definition) is 4. The van der Waals surface area contributed by atoms with Crippen LogP contribution in [0.25, 0.3) is 11.0 Å². The third-order valence-electron chi connectivity index (χ3n) is 16.5. The first-order chi connectivity index (χ1) is 35.0. The summed E-state index contributed by atoms with van der Waals surface area (Å²) in [4.78, 5) is 40.6. The van der Waals surface area contributed by atoms with E-state index in [9.17, 15) is 28.4 Å². The number of rotatable bonds is 15. The van der Waals surface area contributed by atoms with Crippen molar-refractivity contribution in [3.8, 4) is 11.5 Å². The van der Waals surface area contributed by atoms with Gasteiger partial charge in [-0.1, -0.05) is 68.4 Å². The summed E-state index contributed by atoms with van der Waals surface area (Å²) in [5.74, 6) is 0.190. The molecule has 10 rings (SSSR count). The summed E-state index contributed by atoms with van der Waals surface area (Å²) in [5, 5.41) is 26.5. The number of nitro groups is 1. The maximum Gasteiger partial charge on any atom is 0.293 e. The Hall–Kier alpha value is -6.33. The van der Waals surface area contributed by atoms with Gasteiger partial charge < -0.3 is 25.0 Å². The van der Waals surface area contributed by atoms with Crippen LogP contribution < -0.4 is 19.7 Å². The fourth-order valence-corrected chi connectivity index (χ4v) is 13.0. The van der Waals surface area contributed by atoms with Gasteiger partial charge in [0.25, 0.3) is 21.6 Å². The zero-order valence-corrected chi connectivity index (χ0v) is 43.1. The molecule has 2 saturated carbocycles. The van der Waals surface area contributed by atoms with E-state index in [1.165, 1.54) is 28.8 Å². The number of amides is 1. The minimum absolute atomic E-state index is 0.0251. The zero-order valence-electron chi connectivity index (χ0n) is 42.3. The number of nitrogens with zero attached hydrogens (tertiary/aromatic N) is 5. The maximum absolute atomic E-state index is 14.1. The second kappa shape index (κ2) is 20.5. The molecule has 0 radical (unpaired) electrons. The molecule has 1 amide bonds. The van der Waals surface area contributed by atoms with Crippen molar-refractivity contribution in [1.82, 2.24) is 24.5 Å². The number of aromatic amines is 1. The number of fused-ring (bicyclic) bond motifs is 1. The number of nitrogens with one attached hydrogen (secondary N) is 3. The highest BCUT2D eigenvalue weighted by atomic mass is 32.2. The molecule has 16 heteroatoms. The number of sulfonamides is 1. The number of H-pyrrole nitrogens is 1. The Morgan fingerprint density at radius 3 is 2.40 bits per heavy atom. The number of carbonyl (C=O) groups is 1. The molecule has 1 spiro atoms. The van der Waals surface area contributed by atoms with E-state index in [4.69, 9.17) is 4.74 Å². The van der Waals surface area contributed by atoms with E-state index < -0.39 is 37.0 Å². The number of nitro benzene ring substituents is 1. The van der Waals surface area contributed by atoms with Crippen LogP contribution in [0.15, 0.2) is 120 Å². The molecule has 2 aliphatic heterocycles. The van der Waals surface area contributed by atoms with E-state index in [2.05, 4.69) is 110 Å². The van der Waals surface area contributed by atoms with Gasteiger partial charge in [-0.2, -0.15) is 0 Å². The summed E-state index contributed by atoms with van der Waals surface area (Å²) in [6.07, 6.45) is 10.5. The van der Waals surface area contributed by atoms with Gasteiger partial charge in [0.1, 0.15) is 22.8 Å². The standard InChI is InChI=1S/C57H68N8O7S/c1-38(2)47-12-8-9-13-48(47)52-37-63(39(3)41-10-6-5-7-11-41)28-29-64(52)44-33-57(34-44)23-26-62(27-24-57)43-14-16-49(53(31-43)72-45-30-42-20-25-58-54(42)60-36-45)55(66)61-73(70,71)46-15-17-50(51(32-46)65(68)69)59-35-40-18-21-56(4,67)22-19-40/h5-17,20,25,30-32,36,38-40,44,52,59,67H,18-19,21-24,26-29,33-35,37H2,1-4H3,(H,58,60)(H,61,66). The van der Waals surface area contributed by atoms with Crippen LogP contribution in [0.2, 0.25) is 0 Å². The van der Waals surface area contributed by atoms with Gasteiger partial charge >= 0.3 is 0 Å². The highest BCUT2D eigenvalue weighted by Crippen LogP contribution is 2.54. The molecule has 4 fully saturated rings. The predicted molar refractivity (Wildman–Crippen MR) is 285 cm³/mol. The number of ether oxygens (including phenoxy) is 1. The highest BCUT2D eigenvalue weighted by Gasteiger charge is 2.50. The van der Waals surface area contributed by atoms with Crippen LogP contribution in [0.1, 0.15) is 124 Å². The third-order valence-corrected chi connectivity index (χ3v) is 17.9. The minimum atomic E-state index is -4.58. The van der Waals surface area contributed by atoms with Crippen LogP contribution in [0.5, 0.6) is 11.5 Å². The summed E-state index contributed by atoms with van der Waals surface area (Å²) in [6.45, 7) is 13.9. The van der Waals surface area contributed by atoms with E-state index in [0.29, 0.717) is 54.8 Å². The second-order valence-electron chi connectivity index (χ2n) is 21.7. The SMILES string of the molecule is CC(C)c1ccccc1C1CN(C(C)c2ccccc2)CCN1C1CC2(CCN(c3ccc(C(=O)NS(=O)(=O)c4ccc(NCC5CCC(C)(O)CC5)c([N+](=O)[O-])c4)c(Oc4cnc5[nH]ccc5c4)c3)CC2)C1. The van der Waals surface area contributed by atoms with Crippen LogP contribution in [-0.4, -0.2) is 95.0 Å². The molecule has 4 N–H and O–H groups in total. The summed E-state index contributed by atoms with van der Waals surface area (Å²) in [6, 6.07) is 33.4. The van der Waals surface area contributed by atoms with Crippen LogP contribution >= 0.6 is 0 Å². The topological polar surface area (TPSA) is 186 Å². The Morgan fingerprint density at radius 1 is 0.918 bits per heavy atom. The van der Waals surface area contributed by atoms with Crippen LogP contribution in [0.3, 0.4) is 0 Å². The number of benzene rings is 4. The molecule has 4 aliphatic rings. The van der Waals surface area contributed by atoms with Gasteiger partial charge in [-0.15, -0.1) is 0 Å². The predicted octanol–water partition coefficient (Wildman–Crippen LogP) is 10.7. The summed E-state index contributed by atoms with van der Waals surface area (Å²) in [5.41, 5.74) is 4.99. The average Bonchev–Trinajstić information content (AvgIpc) is 3.86. The van der Waals surface area contributed by atoms with E-state index in [0.717, 1.165) is 88.4 Å². The van der Waals surface area contributed by atoms with Crippen LogP contribution in [0.4, 0.5) is 17.1 Å². The molecule has 4 aromatic carbocycles. The van der Waals surface area contributed by atoms with E-state index in [1.807, 2.05) is 19.1 Å². The highest BCUT2D eigenvalue weighted by molar-refractivity contribution is 7.90. The number of pyridine rings is 1. The average molecular weight is 1010 g/mol. The molecule has 2 saturated heterocycles. The minimum Gasteiger partial charge on any atom is -0.455 e. The lowest BCUT2D eigenvalue weighted by molar-refractivity contribution is -0.384. The lowest BCUT2D eigenvalue weighted by Gasteiger charge is -2.58. The zero-order chi connectivity index (χ0) is 51.1. The molecule has 6 aromatic rings. The number of aliphatic hydroxyl groups is 1. The Bertz CT molecular complexity index is 3060. The molecule has 384 valence electrons. The quantitative estimate of drug-likeness (QED) is 0.0564. The van der Waals surface area contributed by atoms with Gasteiger partial charge in [0, 0.05) is 86.8 Å². The van der Waals surface area contributed by atoms with Gasteiger partial charge in [0.2, 0.25) is 0 Å². The van der Waals surface area contributed by atoms with E-state index in [1.54, 1.807) is 30.6 Å². The number of piperazine rings is 1. The fraction of sp³-hybridized carbons (Fsp3) is 0.439. The van der Waals surface area contributed by atoms with Crippen molar-refractivity contribution in [3.63, 3.8) is 0 Å². The van der Waals surface area contributed by atoms with Crippen molar-refractivity contribution < 1.29 is 28.0 Å². The molecule has 2 aromatic heterocycles. The van der Waals surface area contributed by atoms with Gasteiger partial charge in [-0.05, 0) is 136 Å². The number of hydrogen-bond acceptors (Lipinski definition) is 12. The normalized spacial score (nSPS) is 22.2. The summed E-state index contributed by atoms with van der Waals surface area (Å²) in [7, 11) is -4.58. The first kappa shape index (κ1) is 50.2. The number of piperidine rings is 1.